The first-order valence-corrected chi connectivity index (χ1v) is 7.57. The zero-order valence-electron chi connectivity index (χ0n) is 10.8. The highest BCUT2D eigenvalue weighted by Gasteiger charge is 2.32. The van der Waals surface area contributed by atoms with E-state index in [4.69, 9.17) is 11.6 Å². The van der Waals surface area contributed by atoms with E-state index in [1.807, 2.05) is 24.0 Å². The highest BCUT2D eigenvalue weighted by molar-refractivity contribution is 7.16. The van der Waals surface area contributed by atoms with Gasteiger partial charge in [-0.2, -0.15) is 0 Å². The average Bonchev–Trinajstić information content (AvgIpc) is 2.94. The summed E-state index contributed by atoms with van der Waals surface area (Å²) >= 11 is 7.46. The van der Waals surface area contributed by atoms with Gasteiger partial charge in [0.1, 0.15) is 0 Å². The highest BCUT2D eigenvalue weighted by Crippen LogP contribution is 2.24. The van der Waals surface area contributed by atoms with Gasteiger partial charge in [0.25, 0.3) is 0 Å². The van der Waals surface area contributed by atoms with Crippen LogP contribution in [0.2, 0.25) is 4.34 Å². The molecule has 1 aliphatic heterocycles. The fraction of sp³-hybridized carbons (Fsp3) is 0.615. The van der Waals surface area contributed by atoms with Gasteiger partial charge in [0.05, 0.1) is 16.9 Å². The third-order valence-electron chi connectivity index (χ3n) is 3.47. The van der Waals surface area contributed by atoms with Crippen molar-refractivity contribution in [1.82, 2.24) is 10.2 Å². The van der Waals surface area contributed by atoms with Gasteiger partial charge in [-0.25, -0.2) is 0 Å². The predicted molar refractivity (Wildman–Crippen MR) is 76.0 cm³/mol. The molecule has 2 rings (SSSR count). The van der Waals surface area contributed by atoms with E-state index in [1.54, 1.807) is 11.3 Å². The minimum absolute atomic E-state index is 0.0135. The summed E-state index contributed by atoms with van der Waals surface area (Å²) in [5, 5.41) is 3.30. The molecule has 1 aliphatic rings. The quantitative estimate of drug-likeness (QED) is 0.923. The normalized spacial score (nSPS) is 23.3. The first-order chi connectivity index (χ1) is 8.61. The van der Waals surface area contributed by atoms with Crippen molar-refractivity contribution in [2.24, 2.45) is 5.92 Å². The number of amides is 1. The predicted octanol–water partition coefficient (Wildman–Crippen LogP) is 2.75. The lowest BCUT2D eigenvalue weighted by Gasteiger charge is -2.25. The number of nitrogens with zero attached hydrogens (tertiary/aromatic N) is 1. The third-order valence-corrected chi connectivity index (χ3v) is 4.68. The van der Waals surface area contributed by atoms with Gasteiger partial charge in [-0.1, -0.05) is 18.5 Å². The molecular weight excluding hydrogens is 268 g/mol. The fourth-order valence-corrected chi connectivity index (χ4v) is 3.44. The van der Waals surface area contributed by atoms with Crippen LogP contribution in [0.4, 0.5) is 0 Å². The molecule has 0 aromatic carbocycles. The first-order valence-electron chi connectivity index (χ1n) is 6.38. The Hall–Kier alpha value is -0.580. The van der Waals surface area contributed by atoms with E-state index >= 15 is 0 Å². The van der Waals surface area contributed by atoms with Crippen LogP contribution < -0.4 is 5.32 Å². The molecular formula is C13H19ClN2OS. The van der Waals surface area contributed by atoms with Crippen molar-refractivity contribution in [3.63, 3.8) is 0 Å². The monoisotopic (exact) mass is 286 g/mol. The van der Waals surface area contributed by atoms with Crippen molar-refractivity contribution in [2.75, 3.05) is 13.1 Å². The van der Waals surface area contributed by atoms with E-state index in [1.165, 1.54) is 0 Å². The lowest BCUT2D eigenvalue weighted by atomic mass is 10.0. The van der Waals surface area contributed by atoms with Crippen LogP contribution in [0.3, 0.4) is 0 Å². The van der Waals surface area contributed by atoms with Gasteiger partial charge in [-0.15, -0.1) is 11.3 Å². The van der Waals surface area contributed by atoms with Crippen molar-refractivity contribution in [2.45, 2.75) is 32.9 Å². The van der Waals surface area contributed by atoms with Crippen LogP contribution >= 0.6 is 22.9 Å². The maximum atomic E-state index is 12.4. The van der Waals surface area contributed by atoms with Crippen LogP contribution in [0.5, 0.6) is 0 Å². The minimum Gasteiger partial charge on any atom is -0.336 e. The van der Waals surface area contributed by atoms with Gasteiger partial charge >= 0.3 is 0 Å². The Morgan fingerprint density at radius 3 is 2.89 bits per heavy atom. The number of rotatable bonds is 4. The molecule has 18 heavy (non-hydrogen) atoms. The largest absolute Gasteiger partial charge is 0.336 e. The summed E-state index contributed by atoms with van der Waals surface area (Å²) in [5.41, 5.74) is 0. The van der Waals surface area contributed by atoms with Crippen LogP contribution in [0, 0.1) is 5.92 Å². The molecule has 1 N–H and O–H groups in total. The Labute approximate surface area is 117 Å². The van der Waals surface area contributed by atoms with Crippen molar-refractivity contribution >= 4 is 28.8 Å². The highest BCUT2D eigenvalue weighted by atomic mass is 35.5. The number of thiophene rings is 1. The maximum Gasteiger partial charge on any atom is 0.240 e. The number of hydrogen-bond acceptors (Lipinski definition) is 3. The zero-order chi connectivity index (χ0) is 13.1. The number of likely N-dealkylation sites (N-methyl/N-ethyl adjacent to an activating group) is 1. The van der Waals surface area contributed by atoms with Crippen LogP contribution in [-0.4, -0.2) is 29.9 Å². The number of halogens is 1. The Balaban J connectivity index is 2.01. The minimum atomic E-state index is -0.0135. The SMILES string of the molecule is CCN(Cc1ccc(Cl)s1)C(=O)C1NCCC1C. The molecule has 1 amide bonds. The molecule has 5 heteroatoms. The molecule has 2 atom stereocenters. The first kappa shape index (κ1) is 13.8. The maximum absolute atomic E-state index is 12.4. The molecule has 1 saturated heterocycles. The van der Waals surface area contributed by atoms with Crippen molar-refractivity contribution in [3.05, 3.63) is 21.3 Å². The topological polar surface area (TPSA) is 32.3 Å². The van der Waals surface area contributed by atoms with Gasteiger partial charge in [-0.05, 0) is 37.9 Å². The second-order valence-corrected chi connectivity index (χ2v) is 6.56. The summed E-state index contributed by atoms with van der Waals surface area (Å²) in [7, 11) is 0. The Kier molecular flexibility index (Phi) is 4.65. The second kappa shape index (κ2) is 6.04. The van der Waals surface area contributed by atoms with E-state index in [9.17, 15) is 4.79 Å². The molecule has 100 valence electrons. The Bertz CT molecular complexity index is 421. The summed E-state index contributed by atoms with van der Waals surface area (Å²) in [6.07, 6.45) is 1.08. The van der Waals surface area contributed by atoms with E-state index < -0.39 is 0 Å². The van der Waals surface area contributed by atoms with E-state index in [2.05, 4.69) is 12.2 Å². The van der Waals surface area contributed by atoms with Gasteiger partial charge in [0.15, 0.2) is 0 Å². The number of carbonyl (C=O) groups excluding carboxylic acids is 1. The summed E-state index contributed by atoms with van der Waals surface area (Å²) in [6.45, 7) is 6.50. The van der Waals surface area contributed by atoms with Crippen molar-refractivity contribution in [1.29, 1.82) is 0 Å². The number of hydrogen-bond donors (Lipinski definition) is 1. The Morgan fingerprint density at radius 2 is 2.39 bits per heavy atom. The van der Waals surface area contributed by atoms with Crippen LogP contribution in [-0.2, 0) is 11.3 Å². The molecule has 2 heterocycles. The lowest BCUT2D eigenvalue weighted by Crippen LogP contribution is -2.45. The van der Waals surface area contributed by atoms with Gasteiger partial charge in [0, 0.05) is 11.4 Å². The molecule has 0 spiro atoms. The zero-order valence-corrected chi connectivity index (χ0v) is 12.4. The Morgan fingerprint density at radius 1 is 1.61 bits per heavy atom. The number of nitrogens with one attached hydrogen (secondary N) is 1. The van der Waals surface area contributed by atoms with Crippen LogP contribution in [0.1, 0.15) is 25.1 Å². The molecule has 2 unspecified atom stereocenters. The molecule has 0 bridgehead atoms. The van der Waals surface area contributed by atoms with E-state index in [0.717, 1.165) is 28.7 Å². The molecule has 0 saturated carbocycles. The smallest absolute Gasteiger partial charge is 0.240 e. The summed E-state index contributed by atoms with van der Waals surface area (Å²) < 4.78 is 0.779. The summed E-state index contributed by atoms with van der Waals surface area (Å²) in [5.74, 6) is 0.644. The molecule has 1 aromatic rings. The fourth-order valence-electron chi connectivity index (χ4n) is 2.33. The van der Waals surface area contributed by atoms with Crippen LogP contribution in [0.15, 0.2) is 12.1 Å². The van der Waals surface area contributed by atoms with E-state index in [0.29, 0.717) is 12.5 Å². The van der Waals surface area contributed by atoms with Crippen LogP contribution in [0.25, 0.3) is 0 Å². The van der Waals surface area contributed by atoms with Crippen molar-refractivity contribution in [3.8, 4) is 0 Å². The van der Waals surface area contributed by atoms with Gasteiger partial charge in [-0.3, -0.25) is 4.79 Å². The average molecular weight is 287 g/mol. The standard InChI is InChI=1S/C13H19ClN2OS/c1-3-16(8-10-4-5-11(14)18-10)13(17)12-9(2)6-7-15-12/h4-5,9,12,15H,3,6-8H2,1-2H3. The second-order valence-electron chi connectivity index (χ2n) is 4.76. The lowest BCUT2D eigenvalue weighted by molar-refractivity contribution is -0.134. The summed E-state index contributed by atoms with van der Waals surface area (Å²) in [4.78, 5) is 15.5. The molecule has 0 radical (unpaired) electrons. The number of carbonyl (C=O) groups is 1. The molecule has 3 nitrogen and oxygen atoms in total. The molecule has 1 fully saturated rings. The van der Waals surface area contributed by atoms with Gasteiger partial charge < -0.3 is 10.2 Å². The molecule has 0 aliphatic carbocycles. The van der Waals surface area contributed by atoms with Gasteiger partial charge in [0.2, 0.25) is 5.91 Å². The molecule has 1 aromatic heterocycles. The summed E-state index contributed by atoms with van der Waals surface area (Å²) in [6, 6.07) is 3.87. The van der Waals surface area contributed by atoms with E-state index in [-0.39, 0.29) is 11.9 Å². The third kappa shape index (κ3) is 3.05. The van der Waals surface area contributed by atoms with Crippen molar-refractivity contribution < 1.29 is 4.79 Å².